The highest BCUT2D eigenvalue weighted by Gasteiger charge is 2.13. The Balaban J connectivity index is 2.43. The van der Waals surface area contributed by atoms with E-state index < -0.39 is 0 Å². The molecule has 0 aliphatic rings. The minimum atomic E-state index is -0.235. The molecule has 0 aliphatic carbocycles. The fourth-order valence-corrected chi connectivity index (χ4v) is 1.33. The summed E-state index contributed by atoms with van der Waals surface area (Å²) in [5, 5.41) is 22.1. The number of rotatable bonds is 4. The van der Waals surface area contributed by atoms with Crippen LogP contribution in [0.15, 0.2) is 12.3 Å². The number of nitrogens with one attached hydrogen (secondary N) is 2. The number of hydrogen-bond acceptors (Lipinski definition) is 5. The van der Waals surface area contributed by atoms with Gasteiger partial charge >= 0.3 is 0 Å². The zero-order valence-corrected chi connectivity index (χ0v) is 10.8. The minimum absolute atomic E-state index is 0.0441. The predicted octanol–water partition coefficient (Wildman–Crippen LogP) is 1.06. The van der Waals surface area contributed by atoms with Gasteiger partial charge in [-0.25, -0.2) is 0 Å². The first-order valence-corrected chi connectivity index (χ1v) is 5.69. The number of anilines is 1. The largest absolute Gasteiger partial charge is 0.367 e. The van der Waals surface area contributed by atoms with Crippen LogP contribution in [0.3, 0.4) is 0 Å². The van der Waals surface area contributed by atoms with E-state index in [1.807, 2.05) is 26.8 Å². The lowest BCUT2D eigenvalue weighted by Crippen LogP contribution is -2.41. The second-order valence-electron chi connectivity index (χ2n) is 4.88. The van der Waals surface area contributed by atoms with Crippen molar-refractivity contribution in [2.24, 2.45) is 0 Å². The van der Waals surface area contributed by atoms with Crippen molar-refractivity contribution in [1.29, 1.82) is 5.26 Å². The van der Waals surface area contributed by atoms with Crippen LogP contribution in [0.25, 0.3) is 0 Å². The zero-order chi connectivity index (χ0) is 13.6. The van der Waals surface area contributed by atoms with Crippen molar-refractivity contribution in [2.75, 3.05) is 11.9 Å². The summed E-state index contributed by atoms with van der Waals surface area (Å²) in [5.41, 5.74) is 0.183. The average Bonchev–Trinajstić information content (AvgIpc) is 2.27. The van der Waals surface area contributed by atoms with E-state index in [2.05, 4.69) is 20.8 Å². The summed E-state index contributed by atoms with van der Waals surface area (Å²) in [7, 11) is 0. The van der Waals surface area contributed by atoms with Crippen LogP contribution in [-0.4, -0.2) is 28.2 Å². The second kappa shape index (κ2) is 5.96. The number of aromatic nitrogens is 2. The van der Waals surface area contributed by atoms with Crippen LogP contribution < -0.4 is 10.6 Å². The van der Waals surface area contributed by atoms with Gasteiger partial charge in [0.25, 0.3) is 0 Å². The lowest BCUT2D eigenvalue weighted by molar-refractivity contribution is -0.122. The highest BCUT2D eigenvalue weighted by Crippen LogP contribution is 2.08. The number of carbonyl (C=O) groups is 1. The molecule has 1 heterocycles. The molecule has 18 heavy (non-hydrogen) atoms. The first-order valence-electron chi connectivity index (χ1n) is 5.69. The molecule has 0 unspecified atom stereocenters. The summed E-state index contributed by atoms with van der Waals surface area (Å²) in [5.74, 6) is 0.362. The lowest BCUT2D eigenvalue weighted by atomic mass is 10.1. The number of amides is 1. The van der Waals surface area contributed by atoms with Gasteiger partial charge in [-0.05, 0) is 26.8 Å². The highest BCUT2D eigenvalue weighted by atomic mass is 16.1. The van der Waals surface area contributed by atoms with Crippen molar-refractivity contribution in [3.05, 3.63) is 17.8 Å². The molecule has 1 amide bonds. The second-order valence-corrected chi connectivity index (χ2v) is 4.88. The van der Waals surface area contributed by atoms with Gasteiger partial charge in [0.1, 0.15) is 6.07 Å². The van der Waals surface area contributed by atoms with Gasteiger partial charge in [-0.2, -0.15) is 10.4 Å². The molecule has 1 aromatic rings. The molecule has 0 atom stereocenters. The SMILES string of the molecule is CC(C)(C)NC(=O)CCNc1nnccc1C#N. The van der Waals surface area contributed by atoms with Gasteiger partial charge in [0.05, 0.1) is 11.8 Å². The third-order valence-corrected chi connectivity index (χ3v) is 2.00. The molecular formula is C12H17N5O. The maximum absolute atomic E-state index is 11.6. The number of hydrogen-bond donors (Lipinski definition) is 2. The van der Waals surface area contributed by atoms with Crippen LogP contribution in [0, 0.1) is 11.3 Å². The van der Waals surface area contributed by atoms with E-state index in [0.29, 0.717) is 24.3 Å². The number of nitrogens with zero attached hydrogens (tertiary/aromatic N) is 3. The Bertz CT molecular complexity index is 458. The first kappa shape index (κ1) is 13.9. The molecule has 0 bridgehead atoms. The molecule has 0 aromatic carbocycles. The van der Waals surface area contributed by atoms with Crippen molar-refractivity contribution in [3.8, 4) is 6.07 Å². The topological polar surface area (TPSA) is 90.7 Å². The molecular weight excluding hydrogens is 230 g/mol. The van der Waals surface area contributed by atoms with Crippen molar-refractivity contribution in [2.45, 2.75) is 32.7 Å². The standard InChI is InChI=1S/C12H17N5O/c1-12(2,3)16-10(18)5-6-14-11-9(8-13)4-7-15-17-11/h4,7H,5-6H2,1-3H3,(H,14,17)(H,16,18). The van der Waals surface area contributed by atoms with Crippen LogP contribution in [0.2, 0.25) is 0 Å². The highest BCUT2D eigenvalue weighted by molar-refractivity contribution is 5.77. The monoisotopic (exact) mass is 247 g/mol. The van der Waals surface area contributed by atoms with Crippen LogP contribution in [0.1, 0.15) is 32.8 Å². The van der Waals surface area contributed by atoms with E-state index >= 15 is 0 Å². The molecule has 0 fully saturated rings. The summed E-state index contributed by atoms with van der Waals surface area (Å²) < 4.78 is 0. The molecule has 96 valence electrons. The summed E-state index contributed by atoms with van der Waals surface area (Å²) in [6.45, 7) is 6.19. The summed E-state index contributed by atoms with van der Waals surface area (Å²) in [6.07, 6.45) is 1.77. The Hall–Kier alpha value is -2.16. The summed E-state index contributed by atoms with van der Waals surface area (Å²) in [6, 6.07) is 3.58. The van der Waals surface area contributed by atoms with Crippen molar-refractivity contribution < 1.29 is 4.79 Å². The molecule has 1 rings (SSSR count). The van der Waals surface area contributed by atoms with Crippen LogP contribution in [0.4, 0.5) is 5.82 Å². The third kappa shape index (κ3) is 4.78. The van der Waals surface area contributed by atoms with E-state index in [9.17, 15) is 4.79 Å². The van der Waals surface area contributed by atoms with E-state index in [4.69, 9.17) is 5.26 Å². The van der Waals surface area contributed by atoms with Gasteiger partial charge < -0.3 is 10.6 Å². The first-order chi connectivity index (χ1) is 8.42. The third-order valence-electron chi connectivity index (χ3n) is 2.00. The Morgan fingerprint density at radius 2 is 2.22 bits per heavy atom. The molecule has 0 radical (unpaired) electrons. The van der Waals surface area contributed by atoms with E-state index in [1.165, 1.54) is 6.20 Å². The fraction of sp³-hybridized carbons (Fsp3) is 0.500. The lowest BCUT2D eigenvalue weighted by Gasteiger charge is -2.20. The zero-order valence-electron chi connectivity index (χ0n) is 10.8. The molecule has 1 aromatic heterocycles. The minimum Gasteiger partial charge on any atom is -0.367 e. The number of carbonyl (C=O) groups excluding carboxylic acids is 1. The van der Waals surface area contributed by atoms with Gasteiger partial charge in [0, 0.05) is 18.5 Å². The molecule has 6 nitrogen and oxygen atoms in total. The van der Waals surface area contributed by atoms with Crippen LogP contribution >= 0.6 is 0 Å². The number of nitriles is 1. The Labute approximate surface area is 106 Å². The van der Waals surface area contributed by atoms with Gasteiger partial charge in [-0.1, -0.05) is 0 Å². The van der Waals surface area contributed by atoms with Crippen molar-refractivity contribution in [1.82, 2.24) is 15.5 Å². The fourth-order valence-electron chi connectivity index (χ4n) is 1.33. The summed E-state index contributed by atoms with van der Waals surface area (Å²) >= 11 is 0. The van der Waals surface area contributed by atoms with Gasteiger partial charge in [-0.15, -0.1) is 5.10 Å². The maximum Gasteiger partial charge on any atom is 0.222 e. The van der Waals surface area contributed by atoms with Crippen molar-refractivity contribution in [3.63, 3.8) is 0 Å². The van der Waals surface area contributed by atoms with E-state index in [1.54, 1.807) is 6.07 Å². The van der Waals surface area contributed by atoms with Gasteiger partial charge in [0.2, 0.25) is 5.91 Å². The Morgan fingerprint density at radius 1 is 1.50 bits per heavy atom. The van der Waals surface area contributed by atoms with Crippen LogP contribution in [0.5, 0.6) is 0 Å². The normalized spacial score (nSPS) is 10.6. The molecule has 0 saturated carbocycles. The quantitative estimate of drug-likeness (QED) is 0.830. The van der Waals surface area contributed by atoms with E-state index in [-0.39, 0.29) is 11.4 Å². The molecule has 0 spiro atoms. The molecule has 0 saturated heterocycles. The van der Waals surface area contributed by atoms with Crippen molar-refractivity contribution >= 4 is 11.7 Å². The molecule has 0 aliphatic heterocycles. The van der Waals surface area contributed by atoms with Gasteiger partial charge in [0.15, 0.2) is 5.82 Å². The Morgan fingerprint density at radius 3 is 2.83 bits per heavy atom. The van der Waals surface area contributed by atoms with Crippen LogP contribution in [-0.2, 0) is 4.79 Å². The molecule has 6 heteroatoms. The smallest absolute Gasteiger partial charge is 0.222 e. The maximum atomic E-state index is 11.6. The molecule has 2 N–H and O–H groups in total. The van der Waals surface area contributed by atoms with E-state index in [0.717, 1.165) is 0 Å². The Kier molecular flexibility index (Phi) is 4.60. The average molecular weight is 247 g/mol. The van der Waals surface area contributed by atoms with Gasteiger partial charge in [-0.3, -0.25) is 4.79 Å². The predicted molar refractivity (Wildman–Crippen MR) is 67.7 cm³/mol. The summed E-state index contributed by atoms with van der Waals surface area (Å²) in [4.78, 5) is 11.6.